The molecule has 0 N–H and O–H groups in total. The number of benzene rings is 1. The SMILES string of the molecule is Cc1ccc(-c2nnc(SCc3ccc(Cl)s3)n2C)cc1. The predicted molar refractivity (Wildman–Crippen MR) is 90.1 cm³/mol. The lowest BCUT2D eigenvalue weighted by atomic mass is 10.1. The molecule has 3 rings (SSSR count). The Morgan fingerprint density at radius 2 is 1.90 bits per heavy atom. The summed E-state index contributed by atoms with van der Waals surface area (Å²) < 4.78 is 2.86. The molecule has 0 amide bonds. The van der Waals surface area contributed by atoms with Crippen LogP contribution in [0.4, 0.5) is 0 Å². The van der Waals surface area contributed by atoms with E-state index in [4.69, 9.17) is 11.6 Å². The molecule has 3 aromatic rings. The van der Waals surface area contributed by atoms with E-state index in [1.807, 2.05) is 17.7 Å². The van der Waals surface area contributed by atoms with Gasteiger partial charge in [0.05, 0.1) is 4.34 Å². The largest absolute Gasteiger partial charge is 0.305 e. The topological polar surface area (TPSA) is 30.7 Å². The number of thioether (sulfide) groups is 1. The van der Waals surface area contributed by atoms with Gasteiger partial charge in [-0.15, -0.1) is 21.5 Å². The first kappa shape index (κ1) is 14.6. The summed E-state index contributed by atoms with van der Waals surface area (Å²) in [5.41, 5.74) is 2.33. The molecule has 2 aromatic heterocycles. The highest BCUT2D eigenvalue weighted by Crippen LogP contribution is 2.29. The highest BCUT2D eigenvalue weighted by atomic mass is 35.5. The average Bonchev–Trinajstić information content (AvgIpc) is 3.04. The molecule has 1 aromatic carbocycles. The van der Waals surface area contributed by atoms with E-state index in [9.17, 15) is 0 Å². The minimum absolute atomic E-state index is 0.823. The average molecular weight is 336 g/mol. The quantitative estimate of drug-likeness (QED) is 0.642. The first-order valence-corrected chi connectivity index (χ1v) is 8.65. The molecular formula is C15H14ClN3S2. The maximum atomic E-state index is 5.95. The van der Waals surface area contributed by atoms with Crippen molar-refractivity contribution in [3.8, 4) is 11.4 Å². The zero-order valence-corrected chi connectivity index (χ0v) is 14.1. The highest BCUT2D eigenvalue weighted by Gasteiger charge is 2.11. The van der Waals surface area contributed by atoms with E-state index in [-0.39, 0.29) is 0 Å². The van der Waals surface area contributed by atoms with Crippen molar-refractivity contribution in [2.24, 2.45) is 7.05 Å². The molecular weight excluding hydrogens is 322 g/mol. The van der Waals surface area contributed by atoms with E-state index in [2.05, 4.69) is 47.5 Å². The van der Waals surface area contributed by atoms with E-state index in [1.165, 1.54) is 10.4 Å². The molecule has 0 aliphatic rings. The minimum atomic E-state index is 0.823. The van der Waals surface area contributed by atoms with Crippen molar-refractivity contribution in [3.05, 3.63) is 51.2 Å². The van der Waals surface area contributed by atoms with Crippen molar-refractivity contribution < 1.29 is 0 Å². The number of nitrogens with zero attached hydrogens (tertiary/aromatic N) is 3. The van der Waals surface area contributed by atoms with Gasteiger partial charge in [-0.1, -0.05) is 53.2 Å². The van der Waals surface area contributed by atoms with Crippen LogP contribution < -0.4 is 0 Å². The van der Waals surface area contributed by atoms with E-state index in [0.29, 0.717) is 0 Å². The Labute approximate surface area is 137 Å². The fourth-order valence-corrected chi connectivity index (χ4v) is 4.00. The Morgan fingerprint density at radius 1 is 1.14 bits per heavy atom. The smallest absolute Gasteiger partial charge is 0.191 e. The van der Waals surface area contributed by atoms with Crippen molar-refractivity contribution >= 4 is 34.7 Å². The summed E-state index contributed by atoms with van der Waals surface area (Å²) in [4.78, 5) is 1.24. The van der Waals surface area contributed by atoms with E-state index in [1.54, 1.807) is 23.1 Å². The third kappa shape index (κ3) is 3.31. The number of hydrogen-bond donors (Lipinski definition) is 0. The lowest BCUT2D eigenvalue weighted by Crippen LogP contribution is -1.94. The van der Waals surface area contributed by atoms with Gasteiger partial charge in [-0.2, -0.15) is 0 Å². The molecule has 108 valence electrons. The third-order valence-corrected chi connectivity index (χ3v) is 5.60. The Balaban J connectivity index is 1.77. The molecule has 2 heterocycles. The molecule has 0 spiro atoms. The molecule has 6 heteroatoms. The maximum absolute atomic E-state index is 5.95. The van der Waals surface area contributed by atoms with Gasteiger partial charge in [-0.05, 0) is 19.1 Å². The van der Waals surface area contributed by atoms with Crippen LogP contribution in [-0.4, -0.2) is 14.8 Å². The monoisotopic (exact) mass is 335 g/mol. The molecule has 3 nitrogen and oxygen atoms in total. The van der Waals surface area contributed by atoms with Gasteiger partial charge >= 0.3 is 0 Å². The lowest BCUT2D eigenvalue weighted by molar-refractivity contribution is 0.794. The summed E-state index contributed by atoms with van der Waals surface area (Å²) in [6, 6.07) is 12.3. The molecule has 0 fully saturated rings. The molecule has 0 radical (unpaired) electrons. The molecule has 0 atom stereocenters. The van der Waals surface area contributed by atoms with Gasteiger partial charge in [0.1, 0.15) is 0 Å². The van der Waals surface area contributed by atoms with E-state index < -0.39 is 0 Å². The van der Waals surface area contributed by atoms with Crippen LogP contribution >= 0.6 is 34.7 Å². The standard InChI is InChI=1S/C15H14ClN3S2/c1-10-3-5-11(6-4-10)14-17-18-15(19(14)2)20-9-12-7-8-13(16)21-12/h3-8H,9H2,1-2H3. The van der Waals surface area contributed by atoms with Crippen LogP contribution in [-0.2, 0) is 12.8 Å². The Bertz CT molecular complexity index is 747. The molecule has 0 saturated heterocycles. The van der Waals surface area contributed by atoms with Crippen LogP contribution in [0.3, 0.4) is 0 Å². The summed E-state index contributed by atoms with van der Waals surface area (Å²) in [5.74, 6) is 1.75. The normalized spacial score (nSPS) is 11.0. The second-order valence-corrected chi connectivity index (χ2v) is 7.47. The van der Waals surface area contributed by atoms with Gasteiger partial charge < -0.3 is 4.57 Å². The molecule has 0 saturated carbocycles. The van der Waals surface area contributed by atoms with Gasteiger partial charge in [-0.3, -0.25) is 0 Å². The van der Waals surface area contributed by atoms with Gasteiger partial charge in [0.15, 0.2) is 11.0 Å². The van der Waals surface area contributed by atoms with Crippen LogP contribution in [0.15, 0.2) is 41.6 Å². The van der Waals surface area contributed by atoms with Crippen molar-refractivity contribution in [3.63, 3.8) is 0 Å². The molecule has 21 heavy (non-hydrogen) atoms. The van der Waals surface area contributed by atoms with Gasteiger partial charge in [-0.25, -0.2) is 0 Å². The Kier molecular flexibility index (Phi) is 4.33. The van der Waals surface area contributed by atoms with Crippen molar-refractivity contribution in [1.82, 2.24) is 14.8 Å². The Hall–Kier alpha value is -1.30. The predicted octanol–water partition coefficient (Wildman–Crippen LogP) is 4.80. The summed E-state index contributed by atoms with van der Waals surface area (Å²) in [5, 5.41) is 9.50. The zero-order chi connectivity index (χ0) is 14.8. The van der Waals surface area contributed by atoms with Crippen molar-refractivity contribution in [1.29, 1.82) is 0 Å². The summed E-state index contributed by atoms with van der Waals surface area (Å²) in [6.45, 7) is 2.08. The van der Waals surface area contributed by atoms with Crippen LogP contribution in [0.25, 0.3) is 11.4 Å². The van der Waals surface area contributed by atoms with Crippen LogP contribution in [0.2, 0.25) is 4.34 Å². The first-order valence-electron chi connectivity index (χ1n) is 6.47. The summed E-state index contributed by atoms with van der Waals surface area (Å²) in [6.07, 6.45) is 0. The number of thiophene rings is 1. The lowest BCUT2D eigenvalue weighted by Gasteiger charge is -2.03. The second kappa shape index (κ2) is 6.22. The molecule has 0 bridgehead atoms. The summed E-state index contributed by atoms with van der Waals surface area (Å²) in [7, 11) is 2.00. The van der Waals surface area contributed by atoms with Crippen LogP contribution in [0.1, 0.15) is 10.4 Å². The number of aryl methyl sites for hydroxylation is 1. The fourth-order valence-electron chi connectivity index (χ4n) is 1.96. The minimum Gasteiger partial charge on any atom is -0.305 e. The van der Waals surface area contributed by atoms with Gasteiger partial charge in [0.25, 0.3) is 0 Å². The fraction of sp³-hybridized carbons (Fsp3) is 0.200. The molecule has 0 unspecified atom stereocenters. The maximum Gasteiger partial charge on any atom is 0.191 e. The number of aromatic nitrogens is 3. The zero-order valence-electron chi connectivity index (χ0n) is 11.7. The van der Waals surface area contributed by atoms with E-state index >= 15 is 0 Å². The number of hydrogen-bond acceptors (Lipinski definition) is 4. The van der Waals surface area contributed by atoms with E-state index in [0.717, 1.165) is 26.6 Å². The van der Waals surface area contributed by atoms with Crippen LogP contribution in [0.5, 0.6) is 0 Å². The van der Waals surface area contributed by atoms with Crippen molar-refractivity contribution in [2.75, 3.05) is 0 Å². The second-order valence-electron chi connectivity index (χ2n) is 4.73. The third-order valence-electron chi connectivity index (χ3n) is 3.12. The number of rotatable bonds is 4. The molecule has 0 aliphatic heterocycles. The molecule has 0 aliphatic carbocycles. The highest BCUT2D eigenvalue weighted by molar-refractivity contribution is 7.98. The Morgan fingerprint density at radius 3 is 2.57 bits per heavy atom. The number of halogens is 1. The van der Waals surface area contributed by atoms with Crippen LogP contribution in [0, 0.1) is 6.92 Å². The summed E-state index contributed by atoms with van der Waals surface area (Å²) >= 11 is 9.22. The van der Waals surface area contributed by atoms with Gasteiger partial charge in [0.2, 0.25) is 0 Å². The van der Waals surface area contributed by atoms with Crippen molar-refractivity contribution in [2.45, 2.75) is 17.8 Å². The van der Waals surface area contributed by atoms with Gasteiger partial charge in [0, 0.05) is 23.2 Å². The first-order chi connectivity index (χ1) is 10.1.